The summed E-state index contributed by atoms with van der Waals surface area (Å²) in [7, 11) is 0. The van der Waals surface area contributed by atoms with Crippen molar-refractivity contribution in [2.45, 2.75) is 83.1 Å². The highest BCUT2D eigenvalue weighted by Crippen LogP contribution is 2.36. The third-order valence-electron chi connectivity index (χ3n) is 6.25. The van der Waals surface area contributed by atoms with E-state index < -0.39 is 0 Å². The van der Waals surface area contributed by atoms with Gasteiger partial charge in [0.2, 0.25) is 0 Å². The number of hydrogen-bond acceptors (Lipinski definition) is 1. The number of imidazole rings is 1. The molecule has 0 amide bonds. The lowest BCUT2D eigenvalue weighted by molar-refractivity contribution is 0.366. The van der Waals surface area contributed by atoms with E-state index in [1.54, 1.807) is 0 Å². The molecule has 0 N–H and O–H groups in total. The average Bonchev–Trinajstić information content (AvgIpc) is 3.33. The third kappa shape index (κ3) is 7.16. The van der Waals surface area contributed by atoms with Gasteiger partial charge in [-0.15, -0.1) is 0 Å². The Kier molecular flexibility index (Phi) is 9.72. The molecule has 0 aliphatic carbocycles. The highest BCUT2D eigenvalue weighted by molar-refractivity contribution is 5.25. The van der Waals surface area contributed by atoms with Crippen molar-refractivity contribution >= 4 is 0 Å². The Hall–Kier alpha value is -2.35. The third-order valence-corrected chi connectivity index (χ3v) is 6.25. The molecule has 0 aliphatic rings. The van der Waals surface area contributed by atoms with Crippen LogP contribution < -0.4 is 0 Å². The summed E-state index contributed by atoms with van der Waals surface area (Å²) in [5.74, 6) is 0.451. The van der Waals surface area contributed by atoms with Gasteiger partial charge in [-0.25, -0.2) is 4.98 Å². The van der Waals surface area contributed by atoms with Gasteiger partial charge in [-0.2, -0.15) is 0 Å². The molecular formula is C28H38N2. The Morgan fingerprint density at radius 1 is 0.767 bits per heavy atom. The van der Waals surface area contributed by atoms with Crippen molar-refractivity contribution in [3.8, 4) is 0 Å². The molecule has 0 saturated carbocycles. The minimum Gasteiger partial charge on any atom is -0.334 e. The van der Waals surface area contributed by atoms with Crippen molar-refractivity contribution in [3.05, 3.63) is 90.5 Å². The van der Waals surface area contributed by atoms with E-state index in [1.807, 2.05) is 12.5 Å². The molecule has 30 heavy (non-hydrogen) atoms. The number of aromatic nitrogens is 2. The molecule has 2 unspecified atom stereocenters. The van der Waals surface area contributed by atoms with E-state index in [0.717, 1.165) is 6.42 Å². The Morgan fingerprint density at radius 3 is 2.03 bits per heavy atom. The van der Waals surface area contributed by atoms with Gasteiger partial charge < -0.3 is 4.57 Å². The van der Waals surface area contributed by atoms with Crippen molar-refractivity contribution in [1.82, 2.24) is 9.55 Å². The van der Waals surface area contributed by atoms with Crippen LogP contribution in [-0.4, -0.2) is 9.55 Å². The van der Waals surface area contributed by atoms with Crippen LogP contribution in [0.5, 0.6) is 0 Å². The molecule has 0 fully saturated rings. The maximum Gasteiger partial charge on any atom is 0.0948 e. The lowest BCUT2D eigenvalue weighted by atomic mass is 9.83. The zero-order valence-corrected chi connectivity index (χ0v) is 18.6. The number of hydrogen-bond donors (Lipinski definition) is 0. The van der Waals surface area contributed by atoms with E-state index in [4.69, 9.17) is 0 Å². The first kappa shape index (κ1) is 22.3. The van der Waals surface area contributed by atoms with Crippen molar-refractivity contribution in [3.63, 3.8) is 0 Å². The van der Waals surface area contributed by atoms with Crippen LogP contribution in [0.4, 0.5) is 0 Å². The molecule has 0 bridgehead atoms. The summed E-state index contributed by atoms with van der Waals surface area (Å²) < 4.78 is 2.35. The second-order valence-electron chi connectivity index (χ2n) is 8.55. The van der Waals surface area contributed by atoms with E-state index >= 15 is 0 Å². The Labute approximate surface area is 183 Å². The molecular weight excluding hydrogens is 364 g/mol. The van der Waals surface area contributed by atoms with Gasteiger partial charge in [-0.05, 0) is 24.0 Å². The number of unbranched alkanes of at least 4 members (excludes halogenated alkanes) is 7. The molecule has 2 heteroatoms. The summed E-state index contributed by atoms with van der Waals surface area (Å²) in [6.07, 6.45) is 19.3. The predicted octanol–water partition coefficient (Wildman–Crippen LogP) is 7.98. The van der Waals surface area contributed by atoms with Crippen molar-refractivity contribution in [1.29, 1.82) is 0 Å². The van der Waals surface area contributed by atoms with Crippen LogP contribution in [0, 0.1) is 0 Å². The smallest absolute Gasteiger partial charge is 0.0948 e. The lowest BCUT2D eigenvalue weighted by Gasteiger charge is -2.29. The van der Waals surface area contributed by atoms with Crippen LogP contribution in [0.2, 0.25) is 0 Å². The summed E-state index contributed by atoms with van der Waals surface area (Å²) in [6.45, 7) is 2.29. The normalized spacial score (nSPS) is 13.2. The van der Waals surface area contributed by atoms with Crippen LogP contribution in [0.25, 0.3) is 0 Å². The van der Waals surface area contributed by atoms with Gasteiger partial charge >= 0.3 is 0 Å². The molecule has 160 valence electrons. The van der Waals surface area contributed by atoms with Gasteiger partial charge in [0.05, 0.1) is 6.33 Å². The summed E-state index contributed by atoms with van der Waals surface area (Å²) in [6, 6.07) is 22.4. The maximum atomic E-state index is 4.38. The van der Waals surface area contributed by atoms with E-state index in [0.29, 0.717) is 12.0 Å². The SMILES string of the molecule is CCCCCCCCCCC(C(Cc1ccccc1)c1ccccc1)n1ccnc1. The Bertz CT molecular complexity index is 780. The molecule has 3 rings (SSSR count). The summed E-state index contributed by atoms with van der Waals surface area (Å²) in [4.78, 5) is 4.38. The monoisotopic (exact) mass is 402 g/mol. The second kappa shape index (κ2) is 13.1. The minimum absolute atomic E-state index is 0.440. The van der Waals surface area contributed by atoms with Crippen molar-refractivity contribution in [2.24, 2.45) is 0 Å². The van der Waals surface area contributed by atoms with Crippen LogP contribution in [0.15, 0.2) is 79.4 Å². The van der Waals surface area contributed by atoms with Gasteiger partial charge in [0.25, 0.3) is 0 Å². The fraction of sp³-hybridized carbons (Fsp3) is 0.464. The average molecular weight is 403 g/mol. The number of nitrogens with zero attached hydrogens (tertiary/aromatic N) is 2. The Balaban J connectivity index is 1.67. The zero-order chi connectivity index (χ0) is 20.9. The maximum absolute atomic E-state index is 4.38. The van der Waals surface area contributed by atoms with E-state index in [9.17, 15) is 0 Å². The van der Waals surface area contributed by atoms with Crippen LogP contribution in [0.3, 0.4) is 0 Å². The molecule has 3 aromatic rings. The summed E-state index contributed by atoms with van der Waals surface area (Å²) in [5.41, 5.74) is 2.84. The molecule has 0 aliphatic heterocycles. The second-order valence-corrected chi connectivity index (χ2v) is 8.55. The first-order chi connectivity index (χ1) is 14.9. The predicted molar refractivity (Wildman–Crippen MR) is 128 cm³/mol. The van der Waals surface area contributed by atoms with E-state index in [2.05, 4.69) is 83.3 Å². The quantitative estimate of drug-likeness (QED) is 0.250. The zero-order valence-electron chi connectivity index (χ0n) is 18.6. The highest BCUT2D eigenvalue weighted by Gasteiger charge is 2.24. The molecule has 2 atom stereocenters. The van der Waals surface area contributed by atoms with Gasteiger partial charge in [-0.3, -0.25) is 0 Å². The van der Waals surface area contributed by atoms with Gasteiger partial charge in [0, 0.05) is 24.4 Å². The molecule has 0 spiro atoms. The van der Waals surface area contributed by atoms with Crippen LogP contribution >= 0.6 is 0 Å². The highest BCUT2D eigenvalue weighted by atomic mass is 15.1. The Morgan fingerprint density at radius 2 is 1.40 bits per heavy atom. The molecule has 1 heterocycles. The lowest BCUT2D eigenvalue weighted by Crippen LogP contribution is -2.19. The first-order valence-electron chi connectivity index (χ1n) is 11.9. The molecule has 0 radical (unpaired) electrons. The fourth-order valence-electron chi connectivity index (χ4n) is 4.56. The van der Waals surface area contributed by atoms with E-state index in [1.165, 1.54) is 68.9 Å². The first-order valence-corrected chi connectivity index (χ1v) is 11.9. The summed E-state index contributed by atoms with van der Waals surface area (Å²) >= 11 is 0. The van der Waals surface area contributed by atoms with Gasteiger partial charge in [0.1, 0.15) is 0 Å². The minimum atomic E-state index is 0.440. The molecule has 1 aromatic heterocycles. The van der Waals surface area contributed by atoms with Gasteiger partial charge in [-0.1, -0.05) is 119 Å². The fourth-order valence-corrected chi connectivity index (χ4v) is 4.56. The number of rotatable bonds is 14. The largest absolute Gasteiger partial charge is 0.334 e. The van der Waals surface area contributed by atoms with Crippen molar-refractivity contribution in [2.75, 3.05) is 0 Å². The molecule has 2 nitrogen and oxygen atoms in total. The topological polar surface area (TPSA) is 17.8 Å². The van der Waals surface area contributed by atoms with Gasteiger partial charge in [0.15, 0.2) is 0 Å². The van der Waals surface area contributed by atoms with E-state index in [-0.39, 0.29) is 0 Å². The standard InChI is InChI=1S/C28H38N2/c1-2-3-4-5-6-7-8-15-20-28(30-22-21-29-24-30)27(26-18-13-10-14-19-26)23-25-16-11-9-12-17-25/h9-14,16-19,21-22,24,27-28H,2-8,15,20,23H2,1H3. The molecule has 0 saturated heterocycles. The van der Waals surface area contributed by atoms with Crippen LogP contribution in [-0.2, 0) is 6.42 Å². The van der Waals surface area contributed by atoms with Crippen LogP contribution in [0.1, 0.15) is 87.8 Å². The van der Waals surface area contributed by atoms with Crippen molar-refractivity contribution < 1.29 is 0 Å². The summed E-state index contributed by atoms with van der Waals surface area (Å²) in [5, 5.41) is 0. The molecule has 2 aromatic carbocycles. The number of benzene rings is 2.